The van der Waals surface area contributed by atoms with Crippen LogP contribution >= 0.6 is 11.3 Å². The van der Waals surface area contributed by atoms with Gasteiger partial charge in [0, 0.05) is 38.2 Å². The highest BCUT2D eigenvalue weighted by atomic mass is 32.2. The minimum Gasteiger partial charge on any atom is -0.406 e. The van der Waals surface area contributed by atoms with E-state index in [2.05, 4.69) is 20.0 Å². The summed E-state index contributed by atoms with van der Waals surface area (Å²) in [6.07, 6.45) is -1.95. The number of hydrogen-bond donors (Lipinski definition) is 1. The molecule has 2 aromatic carbocycles. The number of sulfonamides is 1. The highest BCUT2D eigenvalue weighted by Crippen LogP contribution is 2.33. The summed E-state index contributed by atoms with van der Waals surface area (Å²) in [5.74, 6) is 0.246. The van der Waals surface area contributed by atoms with E-state index >= 15 is 0 Å². The lowest BCUT2D eigenvalue weighted by molar-refractivity contribution is -0.274. The van der Waals surface area contributed by atoms with E-state index in [1.54, 1.807) is 23.7 Å². The number of aromatic nitrogens is 3. The first-order valence-electron chi connectivity index (χ1n) is 11.7. The van der Waals surface area contributed by atoms with E-state index in [0.717, 1.165) is 16.9 Å². The fraction of sp³-hybridized carbons (Fsp3) is 0.375. The maximum Gasteiger partial charge on any atom is 0.573 e. The molecule has 1 saturated heterocycles. The zero-order chi connectivity index (χ0) is 27.2. The van der Waals surface area contributed by atoms with Crippen LogP contribution in [0.25, 0.3) is 21.3 Å². The summed E-state index contributed by atoms with van der Waals surface area (Å²) in [4.78, 5) is 22.0. The van der Waals surface area contributed by atoms with Gasteiger partial charge in [0.1, 0.15) is 5.75 Å². The van der Waals surface area contributed by atoms with Crippen molar-refractivity contribution in [1.29, 1.82) is 0 Å². The monoisotopic (exact) mass is 567 g/mol. The highest BCUT2D eigenvalue weighted by Gasteiger charge is 2.31. The van der Waals surface area contributed by atoms with Crippen LogP contribution < -0.4 is 10.1 Å². The van der Waals surface area contributed by atoms with Crippen molar-refractivity contribution in [2.24, 2.45) is 13.0 Å². The van der Waals surface area contributed by atoms with E-state index < -0.39 is 16.4 Å². The Balaban J connectivity index is 1.29. The van der Waals surface area contributed by atoms with Gasteiger partial charge in [0.2, 0.25) is 16.0 Å². The molecular formula is C24H24F3N5O4S2. The van der Waals surface area contributed by atoms with E-state index in [9.17, 15) is 26.4 Å². The summed E-state index contributed by atoms with van der Waals surface area (Å²) in [7, 11) is -1.41. The SMILES string of the molecule is Cn1c(Nc2nc3ccc(OC(F)(F)F)cc3s2)nc2cc(C(=O)CC3CCN(S(C)(=O)=O)CC3)ccc21. The number of aryl methyl sites for hydroxylation is 1. The van der Waals surface area contributed by atoms with Gasteiger partial charge >= 0.3 is 6.36 Å². The first-order valence-corrected chi connectivity index (χ1v) is 14.4. The third kappa shape index (κ3) is 5.76. The van der Waals surface area contributed by atoms with Crippen molar-refractivity contribution in [3.05, 3.63) is 42.0 Å². The molecular weight excluding hydrogens is 543 g/mol. The van der Waals surface area contributed by atoms with Gasteiger partial charge in [-0.1, -0.05) is 11.3 Å². The van der Waals surface area contributed by atoms with Crippen LogP contribution in [0.5, 0.6) is 5.75 Å². The minimum atomic E-state index is -4.78. The van der Waals surface area contributed by atoms with Gasteiger partial charge in [-0.2, -0.15) is 0 Å². The largest absolute Gasteiger partial charge is 0.573 e. The molecule has 0 bridgehead atoms. The Labute approximate surface area is 220 Å². The number of anilines is 2. The van der Waals surface area contributed by atoms with E-state index in [4.69, 9.17) is 0 Å². The minimum absolute atomic E-state index is 0.0204. The fourth-order valence-electron chi connectivity index (χ4n) is 4.56. The number of rotatable bonds is 7. The number of carbonyl (C=O) groups excluding carboxylic acids is 1. The third-order valence-electron chi connectivity index (χ3n) is 6.53. The number of nitrogens with zero attached hydrogens (tertiary/aromatic N) is 4. The molecule has 1 N–H and O–H groups in total. The first kappa shape index (κ1) is 26.4. The lowest BCUT2D eigenvalue weighted by atomic mass is 9.90. The quantitative estimate of drug-likeness (QED) is 0.311. The Bertz CT molecular complexity index is 1620. The molecule has 5 rings (SSSR count). The van der Waals surface area contributed by atoms with E-state index in [1.807, 2.05) is 6.07 Å². The van der Waals surface area contributed by atoms with Gasteiger partial charge in [-0.3, -0.25) is 4.79 Å². The van der Waals surface area contributed by atoms with Crippen molar-refractivity contribution in [3.63, 3.8) is 0 Å². The first-order chi connectivity index (χ1) is 17.9. The Hall–Kier alpha value is -3.23. The summed E-state index contributed by atoms with van der Waals surface area (Å²) >= 11 is 1.16. The molecule has 2 aromatic heterocycles. The number of piperidine rings is 1. The topological polar surface area (TPSA) is 106 Å². The molecule has 0 spiro atoms. The number of ether oxygens (including phenoxy) is 1. The molecule has 14 heteroatoms. The van der Waals surface area contributed by atoms with Crippen molar-refractivity contribution in [2.75, 3.05) is 24.7 Å². The van der Waals surface area contributed by atoms with Gasteiger partial charge in [-0.05, 0) is 49.1 Å². The van der Waals surface area contributed by atoms with Crippen LogP contribution in [0.1, 0.15) is 29.6 Å². The molecule has 0 unspecified atom stereocenters. The molecule has 0 radical (unpaired) electrons. The number of nitrogens with one attached hydrogen (secondary N) is 1. The molecule has 0 aliphatic carbocycles. The zero-order valence-corrected chi connectivity index (χ0v) is 22.1. The molecule has 1 aliphatic rings. The van der Waals surface area contributed by atoms with Crippen molar-refractivity contribution >= 4 is 59.5 Å². The predicted octanol–water partition coefficient (Wildman–Crippen LogP) is 5.07. The molecule has 38 heavy (non-hydrogen) atoms. The Morgan fingerprint density at radius 2 is 1.87 bits per heavy atom. The second-order valence-electron chi connectivity index (χ2n) is 9.25. The number of carbonyl (C=O) groups is 1. The van der Waals surface area contributed by atoms with Gasteiger partial charge in [-0.15, -0.1) is 13.2 Å². The van der Waals surface area contributed by atoms with Crippen LogP contribution in [-0.4, -0.2) is 58.7 Å². The van der Waals surface area contributed by atoms with E-state index in [-0.39, 0.29) is 17.5 Å². The number of ketones is 1. The van der Waals surface area contributed by atoms with Gasteiger partial charge in [0.15, 0.2) is 10.9 Å². The maximum atomic E-state index is 13.0. The van der Waals surface area contributed by atoms with Crippen LogP contribution in [0.3, 0.4) is 0 Å². The molecule has 0 atom stereocenters. The summed E-state index contributed by atoms with van der Waals surface area (Å²) < 4.78 is 68.7. The van der Waals surface area contributed by atoms with Crippen molar-refractivity contribution in [2.45, 2.75) is 25.6 Å². The number of thiazole rings is 1. The predicted molar refractivity (Wildman–Crippen MR) is 138 cm³/mol. The van der Waals surface area contributed by atoms with Crippen molar-refractivity contribution in [3.8, 4) is 5.75 Å². The third-order valence-corrected chi connectivity index (χ3v) is 8.77. The van der Waals surface area contributed by atoms with Crippen LogP contribution in [0.2, 0.25) is 0 Å². The Kier molecular flexibility index (Phi) is 6.82. The van der Waals surface area contributed by atoms with Gasteiger partial charge in [-0.25, -0.2) is 22.7 Å². The van der Waals surface area contributed by atoms with Crippen LogP contribution in [0.4, 0.5) is 24.3 Å². The highest BCUT2D eigenvalue weighted by molar-refractivity contribution is 7.88. The fourth-order valence-corrected chi connectivity index (χ4v) is 6.32. The molecule has 1 fully saturated rings. The molecule has 9 nitrogen and oxygen atoms in total. The van der Waals surface area contributed by atoms with Crippen LogP contribution in [0.15, 0.2) is 36.4 Å². The Morgan fingerprint density at radius 3 is 2.55 bits per heavy atom. The second-order valence-corrected chi connectivity index (χ2v) is 12.3. The average Bonchev–Trinajstić information content (AvgIpc) is 3.37. The molecule has 3 heterocycles. The zero-order valence-electron chi connectivity index (χ0n) is 20.4. The van der Waals surface area contributed by atoms with Crippen molar-refractivity contribution < 1.29 is 31.1 Å². The number of alkyl halides is 3. The maximum absolute atomic E-state index is 13.0. The molecule has 0 saturated carbocycles. The van der Waals surface area contributed by atoms with E-state index in [0.29, 0.717) is 64.7 Å². The molecule has 1 aliphatic heterocycles. The number of halogens is 3. The molecule has 0 amide bonds. The number of fused-ring (bicyclic) bond motifs is 2. The number of imidazole rings is 1. The number of Topliss-reactive ketones (excluding diaryl/α,β-unsaturated/α-hetero) is 1. The van der Waals surface area contributed by atoms with E-state index in [1.165, 1.54) is 28.8 Å². The Morgan fingerprint density at radius 1 is 1.13 bits per heavy atom. The second kappa shape index (κ2) is 9.82. The smallest absolute Gasteiger partial charge is 0.406 e. The number of hydrogen-bond acceptors (Lipinski definition) is 8. The summed E-state index contributed by atoms with van der Waals surface area (Å²) in [5, 5.41) is 3.55. The summed E-state index contributed by atoms with van der Waals surface area (Å²) in [6.45, 7) is 0.848. The van der Waals surface area contributed by atoms with Gasteiger partial charge in [0.25, 0.3) is 0 Å². The normalized spacial score (nSPS) is 15.8. The molecule has 4 aromatic rings. The van der Waals surface area contributed by atoms with Gasteiger partial charge < -0.3 is 14.6 Å². The molecule has 202 valence electrons. The van der Waals surface area contributed by atoms with Gasteiger partial charge in [0.05, 0.1) is 27.5 Å². The van der Waals surface area contributed by atoms with Crippen LogP contribution in [0, 0.1) is 5.92 Å². The lowest BCUT2D eigenvalue weighted by Crippen LogP contribution is -2.38. The number of benzene rings is 2. The van der Waals surface area contributed by atoms with Crippen LogP contribution in [-0.2, 0) is 17.1 Å². The average molecular weight is 568 g/mol. The van der Waals surface area contributed by atoms with Crippen molar-refractivity contribution in [1.82, 2.24) is 18.8 Å². The standard InChI is InChI=1S/C24H24F3N5O4S2/c1-31-19-6-3-15(20(33)11-14-7-9-32(10-8-14)38(2,34)35)12-18(19)28-22(31)30-23-29-17-5-4-16(13-21(17)37-23)36-24(25,26)27/h3-6,12-14H,7-11H2,1-2H3,(H,28,29,30). The summed E-state index contributed by atoms with van der Waals surface area (Å²) in [5.41, 5.74) is 2.44. The lowest BCUT2D eigenvalue weighted by Gasteiger charge is -2.29. The summed E-state index contributed by atoms with van der Waals surface area (Å²) in [6, 6.07) is 9.24.